The van der Waals surface area contributed by atoms with Crippen LogP contribution < -0.4 is 4.90 Å². The number of hydrogen-bond donors (Lipinski definition) is 0. The molecule has 21 heavy (non-hydrogen) atoms. The van der Waals surface area contributed by atoms with Crippen LogP contribution in [0.3, 0.4) is 0 Å². The zero-order valence-corrected chi connectivity index (χ0v) is 13.1. The van der Waals surface area contributed by atoms with Gasteiger partial charge in [-0.25, -0.2) is 0 Å². The molecule has 1 atom stereocenters. The first-order valence-electron chi connectivity index (χ1n) is 7.49. The summed E-state index contributed by atoms with van der Waals surface area (Å²) in [5.74, 6) is 0.306. The number of nitrogens with zero attached hydrogens (tertiary/aromatic N) is 2. The van der Waals surface area contributed by atoms with Crippen molar-refractivity contribution in [1.29, 1.82) is 0 Å². The maximum atomic E-state index is 12.5. The minimum absolute atomic E-state index is 0.120. The van der Waals surface area contributed by atoms with E-state index in [1.54, 1.807) is 0 Å². The lowest BCUT2D eigenvalue weighted by molar-refractivity contribution is -0.128. The van der Waals surface area contributed by atoms with Gasteiger partial charge < -0.3 is 9.80 Å². The Kier molecular flexibility index (Phi) is 4.19. The van der Waals surface area contributed by atoms with Gasteiger partial charge in [0, 0.05) is 42.6 Å². The lowest BCUT2D eigenvalue weighted by Gasteiger charge is -2.33. The molecule has 0 N–H and O–H groups in total. The van der Waals surface area contributed by atoms with Crippen LogP contribution in [0.4, 0.5) is 5.69 Å². The molecule has 2 aliphatic rings. The van der Waals surface area contributed by atoms with Gasteiger partial charge in [-0.05, 0) is 18.6 Å². The highest BCUT2D eigenvalue weighted by atomic mass is 32.2. The molecule has 0 aromatic heterocycles. The number of likely N-dealkylation sites (tertiary alicyclic amines) is 1. The van der Waals surface area contributed by atoms with E-state index in [0.29, 0.717) is 24.6 Å². The Balaban J connectivity index is 1.68. The van der Waals surface area contributed by atoms with E-state index in [9.17, 15) is 9.59 Å². The van der Waals surface area contributed by atoms with Crippen molar-refractivity contribution in [1.82, 2.24) is 4.90 Å². The van der Waals surface area contributed by atoms with Crippen molar-refractivity contribution in [3.8, 4) is 0 Å². The number of amides is 2. The largest absolute Gasteiger partial charge is 0.342 e. The molecule has 1 aromatic rings. The fraction of sp³-hybridized carbons (Fsp3) is 0.500. The van der Waals surface area contributed by atoms with Gasteiger partial charge >= 0.3 is 0 Å². The Morgan fingerprint density at radius 3 is 2.95 bits per heavy atom. The average Bonchev–Trinajstić information content (AvgIpc) is 2.89. The number of carbonyl (C=O) groups is 2. The lowest BCUT2D eigenvalue weighted by atomic mass is 10.2. The second-order valence-corrected chi connectivity index (χ2v) is 7.12. The molecule has 0 radical (unpaired) electrons. The first kappa shape index (κ1) is 14.4. The van der Waals surface area contributed by atoms with E-state index >= 15 is 0 Å². The maximum absolute atomic E-state index is 12.5. The zero-order chi connectivity index (χ0) is 14.8. The number of rotatable bonds is 3. The summed E-state index contributed by atoms with van der Waals surface area (Å²) in [7, 11) is 0. The standard InChI is InChI=1S/C16H20N2O2S/c1-12-11-18(13-5-2-3-6-14(13)21-12)16(20)8-10-17-9-4-7-15(17)19/h2-3,5-6,12H,4,7-11H2,1H3/t12-/m1/s1. The molecule has 4 nitrogen and oxygen atoms in total. The molecular weight excluding hydrogens is 284 g/mol. The van der Waals surface area contributed by atoms with E-state index in [0.717, 1.165) is 25.2 Å². The minimum Gasteiger partial charge on any atom is -0.342 e. The second kappa shape index (κ2) is 6.10. The number of thioether (sulfide) groups is 1. The molecule has 2 aliphatic heterocycles. The summed E-state index contributed by atoms with van der Waals surface area (Å²) in [5.41, 5.74) is 1.01. The predicted molar refractivity (Wildman–Crippen MR) is 84.5 cm³/mol. The fourth-order valence-electron chi connectivity index (χ4n) is 2.93. The van der Waals surface area contributed by atoms with Crippen LogP contribution in [0, 0.1) is 0 Å². The Morgan fingerprint density at radius 1 is 1.38 bits per heavy atom. The first-order valence-corrected chi connectivity index (χ1v) is 8.37. The van der Waals surface area contributed by atoms with Crippen LogP contribution in [0.25, 0.3) is 0 Å². The van der Waals surface area contributed by atoms with E-state index in [1.807, 2.05) is 39.8 Å². The number of hydrogen-bond acceptors (Lipinski definition) is 3. The van der Waals surface area contributed by atoms with Gasteiger partial charge in [0.25, 0.3) is 0 Å². The van der Waals surface area contributed by atoms with Crippen LogP contribution in [0.1, 0.15) is 26.2 Å². The summed E-state index contributed by atoms with van der Waals surface area (Å²) in [5, 5.41) is 0.400. The van der Waals surface area contributed by atoms with Crippen molar-refractivity contribution in [3.63, 3.8) is 0 Å². The molecular formula is C16H20N2O2S. The van der Waals surface area contributed by atoms with Crippen LogP contribution >= 0.6 is 11.8 Å². The van der Waals surface area contributed by atoms with E-state index < -0.39 is 0 Å². The van der Waals surface area contributed by atoms with Crippen molar-refractivity contribution >= 4 is 29.3 Å². The summed E-state index contributed by atoms with van der Waals surface area (Å²) in [6.45, 7) is 4.24. The Labute approximate surface area is 129 Å². The zero-order valence-electron chi connectivity index (χ0n) is 12.2. The maximum Gasteiger partial charge on any atom is 0.228 e. The average molecular weight is 304 g/mol. The first-order chi connectivity index (χ1) is 10.1. The van der Waals surface area contributed by atoms with Crippen molar-refractivity contribution in [3.05, 3.63) is 24.3 Å². The van der Waals surface area contributed by atoms with Crippen LogP contribution in [-0.4, -0.2) is 41.6 Å². The van der Waals surface area contributed by atoms with Crippen molar-refractivity contribution in [2.45, 2.75) is 36.3 Å². The summed E-state index contributed by atoms with van der Waals surface area (Å²) in [6, 6.07) is 8.06. The third-order valence-electron chi connectivity index (χ3n) is 3.99. The Morgan fingerprint density at radius 2 is 2.19 bits per heavy atom. The number of carbonyl (C=O) groups excluding carboxylic acids is 2. The van der Waals surface area contributed by atoms with Crippen LogP contribution in [0.15, 0.2) is 29.2 Å². The van der Waals surface area contributed by atoms with Gasteiger partial charge in [-0.2, -0.15) is 0 Å². The highest BCUT2D eigenvalue weighted by Gasteiger charge is 2.27. The number of anilines is 1. The van der Waals surface area contributed by atoms with Crippen molar-refractivity contribution in [2.24, 2.45) is 0 Å². The molecule has 1 aromatic carbocycles. The van der Waals surface area contributed by atoms with E-state index in [-0.39, 0.29) is 11.8 Å². The normalized spacial score (nSPS) is 21.6. The molecule has 0 unspecified atom stereocenters. The van der Waals surface area contributed by atoms with Gasteiger partial charge in [0.2, 0.25) is 11.8 Å². The van der Waals surface area contributed by atoms with Gasteiger partial charge in [0.1, 0.15) is 0 Å². The number of fused-ring (bicyclic) bond motifs is 1. The second-order valence-electron chi connectivity index (χ2n) is 5.63. The van der Waals surface area contributed by atoms with Gasteiger partial charge in [-0.1, -0.05) is 19.1 Å². The van der Waals surface area contributed by atoms with Gasteiger partial charge in [0.05, 0.1) is 5.69 Å². The molecule has 2 amide bonds. The van der Waals surface area contributed by atoms with Gasteiger partial charge in [-0.3, -0.25) is 9.59 Å². The number of para-hydroxylation sites is 1. The van der Waals surface area contributed by atoms with E-state index in [4.69, 9.17) is 0 Å². The topological polar surface area (TPSA) is 40.6 Å². The molecule has 1 saturated heterocycles. The third kappa shape index (κ3) is 3.07. The van der Waals surface area contributed by atoms with Crippen LogP contribution in [0.2, 0.25) is 0 Å². The number of benzene rings is 1. The molecule has 3 rings (SSSR count). The molecule has 5 heteroatoms. The highest BCUT2D eigenvalue weighted by molar-refractivity contribution is 8.00. The third-order valence-corrected chi connectivity index (χ3v) is 5.14. The van der Waals surface area contributed by atoms with Gasteiger partial charge in [0.15, 0.2) is 0 Å². The predicted octanol–water partition coefficient (Wildman–Crippen LogP) is 2.53. The monoisotopic (exact) mass is 304 g/mol. The summed E-state index contributed by atoms with van der Waals surface area (Å²) >= 11 is 1.82. The molecule has 1 fully saturated rings. The summed E-state index contributed by atoms with van der Waals surface area (Å²) in [4.78, 5) is 29.0. The SMILES string of the molecule is C[C@@H]1CN(C(=O)CCN2CCCC2=O)c2ccccc2S1. The molecule has 0 spiro atoms. The minimum atomic E-state index is 0.120. The van der Waals surface area contributed by atoms with Crippen molar-refractivity contribution in [2.75, 3.05) is 24.5 Å². The summed E-state index contributed by atoms with van der Waals surface area (Å²) < 4.78 is 0. The molecule has 112 valence electrons. The molecule has 0 aliphatic carbocycles. The molecule has 0 bridgehead atoms. The summed E-state index contributed by atoms with van der Waals surface area (Å²) in [6.07, 6.45) is 1.97. The van der Waals surface area contributed by atoms with Crippen LogP contribution in [-0.2, 0) is 9.59 Å². The smallest absolute Gasteiger partial charge is 0.228 e. The quantitative estimate of drug-likeness (QED) is 0.861. The fourth-order valence-corrected chi connectivity index (χ4v) is 4.04. The lowest BCUT2D eigenvalue weighted by Crippen LogP contribution is -2.40. The van der Waals surface area contributed by atoms with E-state index in [2.05, 4.69) is 13.0 Å². The molecule has 0 saturated carbocycles. The Hall–Kier alpha value is -1.49. The van der Waals surface area contributed by atoms with Crippen LogP contribution in [0.5, 0.6) is 0 Å². The highest BCUT2D eigenvalue weighted by Crippen LogP contribution is 2.38. The van der Waals surface area contributed by atoms with Gasteiger partial charge in [-0.15, -0.1) is 11.8 Å². The van der Waals surface area contributed by atoms with E-state index in [1.165, 1.54) is 4.90 Å². The Bertz CT molecular complexity index is 561. The van der Waals surface area contributed by atoms with Crippen molar-refractivity contribution < 1.29 is 9.59 Å². The molecule has 2 heterocycles.